The third-order valence-corrected chi connectivity index (χ3v) is 3.27. The lowest BCUT2D eigenvalue weighted by molar-refractivity contribution is 0.317. The fourth-order valence-electron chi connectivity index (χ4n) is 2.05. The molecule has 106 valence electrons. The number of ether oxygens (including phenoxy) is 1. The topological polar surface area (TPSA) is 21.3 Å². The van der Waals surface area contributed by atoms with Crippen LogP contribution >= 0.6 is 0 Å². The van der Waals surface area contributed by atoms with Crippen molar-refractivity contribution in [3.8, 4) is 5.75 Å². The maximum atomic E-state index is 5.59. The highest BCUT2D eigenvalue weighted by molar-refractivity contribution is 5.52. The van der Waals surface area contributed by atoms with Gasteiger partial charge in [0, 0.05) is 12.2 Å². The SMILES string of the molecule is CCCOc1ccc(CNc2cc(C)ccc2C)cc1. The maximum Gasteiger partial charge on any atom is 0.119 e. The molecular formula is C18H23NO. The predicted octanol–water partition coefficient (Wildman–Crippen LogP) is 4.70. The van der Waals surface area contributed by atoms with Crippen molar-refractivity contribution in [3.05, 3.63) is 59.2 Å². The second-order valence-electron chi connectivity index (χ2n) is 5.16. The van der Waals surface area contributed by atoms with E-state index in [1.54, 1.807) is 0 Å². The average molecular weight is 269 g/mol. The molecule has 2 aromatic rings. The fraction of sp³-hybridized carbons (Fsp3) is 0.333. The van der Waals surface area contributed by atoms with Crippen molar-refractivity contribution in [1.29, 1.82) is 0 Å². The third kappa shape index (κ3) is 4.02. The molecule has 0 aromatic heterocycles. The molecule has 2 heteroatoms. The number of aryl methyl sites for hydroxylation is 2. The summed E-state index contributed by atoms with van der Waals surface area (Å²) in [6, 6.07) is 14.8. The Balaban J connectivity index is 1.95. The van der Waals surface area contributed by atoms with Crippen LogP contribution in [0.25, 0.3) is 0 Å². The van der Waals surface area contributed by atoms with Gasteiger partial charge in [-0.25, -0.2) is 0 Å². The van der Waals surface area contributed by atoms with Crippen LogP contribution in [0.15, 0.2) is 42.5 Å². The zero-order chi connectivity index (χ0) is 14.4. The highest BCUT2D eigenvalue weighted by Gasteiger charge is 1.99. The molecule has 0 amide bonds. The van der Waals surface area contributed by atoms with E-state index < -0.39 is 0 Å². The molecule has 2 rings (SSSR count). The van der Waals surface area contributed by atoms with E-state index in [9.17, 15) is 0 Å². The molecule has 0 atom stereocenters. The summed E-state index contributed by atoms with van der Waals surface area (Å²) in [5, 5.41) is 3.49. The number of hydrogen-bond acceptors (Lipinski definition) is 2. The Labute approximate surface area is 121 Å². The molecule has 0 saturated carbocycles. The van der Waals surface area contributed by atoms with E-state index in [-0.39, 0.29) is 0 Å². The van der Waals surface area contributed by atoms with E-state index in [0.29, 0.717) is 0 Å². The van der Waals surface area contributed by atoms with Crippen LogP contribution in [0.5, 0.6) is 5.75 Å². The Kier molecular flexibility index (Phi) is 5.05. The predicted molar refractivity (Wildman–Crippen MR) is 85.5 cm³/mol. The van der Waals surface area contributed by atoms with Crippen LogP contribution in [0.4, 0.5) is 5.69 Å². The maximum absolute atomic E-state index is 5.59. The van der Waals surface area contributed by atoms with Gasteiger partial charge in [-0.05, 0) is 55.2 Å². The molecule has 2 nitrogen and oxygen atoms in total. The summed E-state index contributed by atoms with van der Waals surface area (Å²) in [5.74, 6) is 0.947. The summed E-state index contributed by atoms with van der Waals surface area (Å²) < 4.78 is 5.59. The molecule has 0 radical (unpaired) electrons. The molecule has 1 N–H and O–H groups in total. The van der Waals surface area contributed by atoms with Gasteiger partial charge in [0.2, 0.25) is 0 Å². The van der Waals surface area contributed by atoms with Gasteiger partial charge in [0.15, 0.2) is 0 Å². The molecule has 0 heterocycles. The first-order chi connectivity index (χ1) is 9.69. The lowest BCUT2D eigenvalue weighted by Crippen LogP contribution is -2.01. The van der Waals surface area contributed by atoms with Gasteiger partial charge in [0.1, 0.15) is 5.75 Å². The first kappa shape index (κ1) is 14.4. The van der Waals surface area contributed by atoms with Gasteiger partial charge in [-0.15, -0.1) is 0 Å². The zero-order valence-electron chi connectivity index (χ0n) is 12.6. The van der Waals surface area contributed by atoms with Gasteiger partial charge in [-0.2, -0.15) is 0 Å². The lowest BCUT2D eigenvalue weighted by Gasteiger charge is -2.11. The Morgan fingerprint density at radius 3 is 2.45 bits per heavy atom. The van der Waals surface area contributed by atoms with Gasteiger partial charge in [-0.3, -0.25) is 0 Å². The van der Waals surface area contributed by atoms with Crippen LogP contribution < -0.4 is 10.1 Å². The molecular weight excluding hydrogens is 246 g/mol. The van der Waals surface area contributed by atoms with E-state index in [4.69, 9.17) is 4.74 Å². The molecule has 20 heavy (non-hydrogen) atoms. The van der Waals surface area contributed by atoms with Gasteiger partial charge < -0.3 is 10.1 Å². The Hall–Kier alpha value is -1.96. The number of anilines is 1. The van der Waals surface area contributed by atoms with Crippen LogP contribution in [-0.2, 0) is 6.54 Å². The van der Waals surface area contributed by atoms with Crippen molar-refractivity contribution in [1.82, 2.24) is 0 Å². The average Bonchev–Trinajstić information content (AvgIpc) is 2.47. The van der Waals surface area contributed by atoms with E-state index in [1.807, 2.05) is 12.1 Å². The smallest absolute Gasteiger partial charge is 0.119 e. The molecule has 0 aliphatic rings. The fourth-order valence-corrected chi connectivity index (χ4v) is 2.05. The minimum Gasteiger partial charge on any atom is -0.494 e. The second-order valence-corrected chi connectivity index (χ2v) is 5.16. The molecule has 0 spiro atoms. The quantitative estimate of drug-likeness (QED) is 0.820. The molecule has 0 aliphatic carbocycles. The molecule has 0 saturated heterocycles. The third-order valence-electron chi connectivity index (χ3n) is 3.27. The van der Waals surface area contributed by atoms with Crippen LogP contribution in [0, 0.1) is 13.8 Å². The first-order valence-corrected chi connectivity index (χ1v) is 7.22. The van der Waals surface area contributed by atoms with E-state index >= 15 is 0 Å². The van der Waals surface area contributed by atoms with E-state index in [0.717, 1.165) is 25.3 Å². The molecule has 0 unspecified atom stereocenters. The Morgan fingerprint density at radius 2 is 1.75 bits per heavy atom. The number of benzene rings is 2. The van der Waals surface area contributed by atoms with E-state index in [1.165, 1.54) is 22.4 Å². The van der Waals surface area contributed by atoms with Crippen molar-refractivity contribution in [2.24, 2.45) is 0 Å². The first-order valence-electron chi connectivity index (χ1n) is 7.22. The Bertz CT molecular complexity index is 546. The van der Waals surface area contributed by atoms with Crippen LogP contribution in [0.2, 0.25) is 0 Å². The van der Waals surface area contributed by atoms with Crippen molar-refractivity contribution >= 4 is 5.69 Å². The van der Waals surface area contributed by atoms with Gasteiger partial charge >= 0.3 is 0 Å². The minimum atomic E-state index is 0.778. The zero-order valence-corrected chi connectivity index (χ0v) is 12.6. The molecule has 0 fully saturated rings. The van der Waals surface area contributed by atoms with Crippen LogP contribution in [-0.4, -0.2) is 6.61 Å². The van der Waals surface area contributed by atoms with E-state index in [2.05, 4.69) is 56.4 Å². The number of rotatable bonds is 6. The molecule has 2 aromatic carbocycles. The molecule has 0 bridgehead atoms. The summed E-state index contributed by atoms with van der Waals surface area (Å²) in [6.45, 7) is 7.97. The van der Waals surface area contributed by atoms with Gasteiger partial charge in [0.05, 0.1) is 6.61 Å². The van der Waals surface area contributed by atoms with Crippen molar-refractivity contribution < 1.29 is 4.74 Å². The normalized spacial score (nSPS) is 10.3. The van der Waals surface area contributed by atoms with Crippen molar-refractivity contribution in [2.45, 2.75) is 33.7 Å². The summed E-state index contributed by atoms with van der Waals surface area (Å²) in [6.07, 6.45) is 1.04. The van der Waals surface area contributed by atoms with Gasteiger partial charge in [-0.1, -0.05) is 31.2 Å². The highest BCUT2D eigenvalue weighted by Crippen LogP contribution is 2.18. The van der Waals surface area contributed by atoms with Gasteiger partial charge in [0.25, 0.3) is 0 Å². The largest absolute Gasteiger partial charge is 0.494 e. The Morgan fingerprint density at radius 1 is 1.00 bits per heavy atom. The van der Waals surface area contributed by atoms with Crippen molar-refractivity contribution in [3.63, 3.8) is 0 Å². The summed E-state index contributed by atoms with van der Waals surface area (Å²) >= 11 is 0. The minimum absolute atomic E-state index is 0.778. The number of hydrogen-bond donors (Lipinski definition) is 1. The second kappa shape index (κ2) is 6.99. The van der Waals surface area contributed by atoms with Crippen LogP contribution in [0.3, 0.4) is 0 Å². The lowest BCUT2D eigenvalue weighted by atomic mass is 10.1. The van der Waals surface area contributed by atoms with Crippen molar-refractivity contribution in [2.75, 3.05) is 11.9 Å². The number of nitrogens with one attached hydrogen (secondary N) is 1. The summed E-state index contributed by atoms with van der Waals surface area (Å²) in [5.41, 5.74) is 5.02. The monoisotopic (exact) mass is 269 g/mol. The van der Waals surface area contributed by atoms with Crippen LogP contribution in [0.1, 0.15) is 30.0 Å². The standard InChI is InChI=1S/C18H23NO/c1-4-11-20-17-9-7-16(8-10-17)13-19-18-12-14(2)5-6-15(18)3/h5-10,12,19H,4,11,13H2,1-3H3. The molecule has 0 aliphatic heterocycles. The summed E-state index contributed by atoms with van der Waals surface area (Å²) in [4.78, 5) is 0. The summed E-state index contributed by atoms with van der Waals surface area (Å²) in [7, 11) is 0. The highest BCUT2D eigenvalue weighted by atomic mass is 16.5.